The van der Waals surface area contributed by atoms with Crippen molar-refractivity contribution in [2.24, 2.45) is 0 Å². The van der Waals surface area contributed by atoms with Gasteiger partial charge in [0.05, 0.1) is 0 Å². The number of hydrogen-bond donors (Lipinski definition) is 1. The summed E-state index contributed by atoms with van der Waals surface area (Å²) in [7, 11) is 0. The highest BCUT2D eigenvalue weighted by Gasteiger charge is 2.33. The van der Waals surface area contributed by atoms with Crippen molar-refractivity contribution >= 4 is 5.97 Å². The minimum absolute atomic E-state index is 0.675. The van der Waals surface area contributed by atoms with Gasteiger partial charge < -0.3 is 5.11 Å². The third-order valence-electron chi connectivity index (χ3n) is 3.69. The second-order valence-corrected chi connectivity index (χ2v) is 5.25. The number of carboxylic acid groups (broad SMARTS) is 1. The lowest BCUT2D eigenvalue weighted by atomic mass is 9.98. The Labute approximate surface area is 109 Å². The predicted octanol–water partition coefficient (Wildman–Crippen LogP) is 2.99. The highest BCUT2D eigenvalue weighted by molar-refractivity contribution is 5.77. The molecule has 0 spiro atoms. The van der Waals surface area contributed by atoms with Crippen molar-refractivity contribution in [1.29, 1.82) is 0 Å². The van der Waals surface area contributed by atoms with E-state index >= 15 is 0 Å². The Morgan fingerprint density at radius 1 is 1.28 bits per heavy atom. The van der Waals surface area contributed by atoms with Crippen LogP contribution in [-0.2, 0) is 11.3 Å². The molecule has 3 nitrogen and oxygen atoms in total. The molecule has 100 valence electrons. The highest BCUT2D eigenvalue weighted by Crippen LogP contribution is 2.22. The van der Waals surface area contributed by atoms with Crippen LogP contribution in [0.3, 0.4) is 0 Å². The Morgan fingerprint density at radius 2 is 1.78 bits per heavy atom. The van der Waals surface area contributed by atoms with Gasteiger partial charge in [-0.2, -0.15) is 0 Å². The summed E-state index contributed by atoms with van der Waals surface area (Å²) in [5, 5.41) is 9.32. The molecule has 1 rings (SSSR count). The second kappa shape index (κ2) is 5.53. The summed E-state index contributed by atoms with van der Waals surface area (Å²) in [6.07, 6.45) is 0. The molecule has 0 atom stereocenters. The second-order valence-electron chi connectivity index (χ2n) is 5.25. The summed E-state index contributed by atoms with van der Waals surface area (Å²) in [4.78, 5) is 13.3. The van der Waals surface area contributed by atoms with Gasteiger partial charge in [0.15, 0.2) is 0 Å². The van der Waals surface area contributed by atoms with Crippen molar-refractivity contribution in [1.82, 2.24) is 4.90 Å². The molecule has 1 aromatic rings. The SMILES string of the molecule is CCN(Cc1c(C)cccc1C)C(C)(C)C(=O)O. The van der Waals surface area contributed by atoms with Crippen LogP contribution in [-0.4, -0.2) is 28.1 Å². The third-order valence-corrected chi connectivity index (χ3v) is 3.69. The van der Waals surface area contributed by atoms with Crippen LogP contribution in [0.15, 0.2) is 18.2 Å². The van der Waals surface area contributed by atoms with E-state index in [0.717, 1.165) is 0 Å². The number of rotatable bonds is 5. The number of carboxylic acids is 1. The van der Waals surface area contributed by atoms with E-state index in [1.54, 1.807) is 13.8 Å². The van der Waals surface area contributed by atoms with Gasteiger partial charge in [0.25, 0.3) is 0 Å². The molecule has 0 bridgehead atoms. The first-order valence-corrected chi connectivity index (χ1v) is 6.34. The van der Waals surface area contributed by atoms with Crippen LogP contribution in [0, 0.1) is 13.8 Å². The molecule has 0 unspecified atom stereocenters. The van der Waals surface area contributed by atoms with Crippen molar-refractivity contribution in [2.45, 2.75) is 46.7 Å². The van der Waals surface area contributed by atoms with Crippen molar-refractivity contribution < 1.29 is 9.90 Å². The Morgan fingerprint density at radius 3 is 2.17 bits per heavy atom. The Hall–Kier alpha value is -1.35. The van der Waals surface area contributed by atoms with Crippen LogP contribution >= 0.6 is 0 Å². The fourth-order valence-corrected chi connectivity index (χ4v) is 2.13. The minimum atomic E-state index is -0.844. The van der Waals surface area contributed by atoms with Crippen LogP contribution in [0.25, 0.3) is 0 Å². The number of nitrogens with zero attached hydrogens (tertiary/aromatic N) is 1. The van der Waals surface area contributed by atoms with E-state index in [2.05, 4.69) is 26.0 Å². The molecule has 0 saturated carbocycles. The molecule has 0 radical (unpaired) electrons. The zero-order chi connectivity index (χ0) is 13.9. The average molecular weight is 249 g/mol. The average Bonchev–Trinajstić information content (AvgIpc) is 2.28. The molecule has 0 saturated heterocycles. The lowest BCUT2D eigenvalue weighted by Gasteiger charge is -2.35. The summed E-state index contributed by atoms with van der Waals surface area (Å²) in [5.41, 5.74) is 2.82. The van der Waals surface area contributed by atoms with Gasteiger partial charge in [-0.25, -0.2) is 0 Å². The molecule has 1 aromatic carbocycles. The van der Waals surface area contributed by atoms with Gasteiger partial charge in [-0.05, 0) is 50.9 Å². The van der Waals surface area contributed by atoms with Crippen LogP contribution in [0.5, 0.6) is 0 Å². The minimum Gasteiger partial charge on any atom is -0.480 e. The lowest BCUT2D eigenvalue weighted by Crippen LogP contribution is -2.49. The molecular formula is C15H23NO2. The normalized spacial score (nSPS) is 11.9. The Kier molecular flexibility index (Phi) is 4.52. The summed E-state index contributed by atoms with van der Waals surface area (Å²) < 4.78 is 0. The largest absolute Gasteiger partial charge is 0.480 e. The molecule has 1 N–H and O–H groups in total. The monoisotopic (exact) mass is 249 g/mol. The van der Waals surface area contributed by atoms with Gasteiger partial charge in [-0.15, -0.1) is 0 Å². The first-order valence-electron chi connectivity index (χ1n) is 6.34. The Bertz CT molecular complexity index is 418. The number of carbonyl (C=O) groups is 1. The Balaban J connectivity index is 3.04. The molecule has 18 heavy (non-hydrogen) atoms. The summed E-state index contributed by atoms with van der Waals surface area (Å²) in [5.74, 6) is -0.782. The molecule has 0 aliphatic carbocycles. The smallest absolute Gasteiger partial charge is 0.323 e. The molecule has 0 aliphatic rings. The summed E-state index contributed by atoms with van der Waals surface area (Å²) >= 11 is 0. The van der Waals surface area contributed by atoms with E-state index in [9.17, 15) is 9.90 Å². The number of likely N-dealkylation sites (N-methyl/N-ethyl adjacent to an activating group) is 1. The van der Waals surface area contributed by atoms with Crippen LogP contribution in [0.2, 0.25) is 0 Å². The predicted molar refractivity (Wildman–Crippen MR) is 73.7 cm³/mol. The first-order chi connectivity index (χ1) is 8.30. The van der Waals surface area contributed by atoms with Gasteiger partial charge in [0.1, 0.15) is 5.54 Å². The highest BCUT2D eigenvalue weighted by atomic mass is 16.4. The van der Waals surface area contributed by atoms with Crippen molar-refractivity contribution in [3.05, 3.63) is 34.9 Å². The van der Waals surface area contributed by atoms with E-state index < -0.39 is 11.5 Å². The quantitative estimate of drug-likeness (QED) is 0.872. The van der Waals surface area contributed by atoms with Gasteiger partial charge in [0, 0.05) is 6.54 Å². The summed E-state index contributed by atoms with van der Waals surface area (Å²) in [6.45, 7) is 11.0. The molecule has 0 aromatic heterocycles. The maximum atomic E-state index is 11.3. The van der Waals surface area contributed by atoms with E-state index in [1.807, 2.05) is 17.9 Å². The van der Waals surface area contributed by atoms with E-state index in [1.165, 1.54) is 16.7 Å². The first kappa shape index (κ1) is 14.7. The molecule has 0 fully saturated rings. The maximum Gasteiger partial charge on any atom is 0.323 e. The maximum absolute atomic E-state index is 11.3. The molecule has 0 aliphatic heterocycles. The van der Waals surface area contributed by atoms with Crippen molar-refractivity contribution in [2.75, 3.05) is 6.54 Å². The van der Waals surface area contributed by atoms with E-state index in [-0.39, 0.29) is 0 Å². The fraction of sp³-hybridized carbons (Fsp3) is 0.533. The molecule has 0 amide bonds. The van der Waals surface area contributed by atoms with Crippen molar-refractivity contribution in [3.63, 3.8) is 0 Å². The van der Waals surface area contributed by atoms with Crippen LogP contribution in [0.4, 0.5) is 0 Å². The molecule has 3 heteroatoms. The lowest BCUT2D eigenvalue weighted by molar-refractivity contribution is -0.149. The van der Waals surface area contributed by atoms with Gasteiger partial charge in [-0.3, -0.25) is 9.69 Å². The number of benzene rings is 1. The van der Waals surface area contributed by atoms with E-state index in [4.69, 9.17) is 0 Å². The zero-order valence-corrected chi connectivity index (χ0v) is 11.9. The number of hydrogen-bond acceptors (Lipinski definition) is 2. The topological polar surface area (TPSA) is 40.5 Å². The number of aliphatic carboxylic acids is 1. The van der Waals surface area contributed by atoms with Crippen molar-refractivity contribution in [3.8, 4) is 0 Å². The molecular weight excluding hydrogens is 226 g/mol. The van der Waals surface area contributed by atoms with E-state index in [0.29, 0.717) is 13.1 Å². The zero-order valence-electron chi connectivity index (χ0n) is 11.9. The van der Waals surface area contributed by atoms with Crippen LogP contribution < -0.4 is 0 Å². The molecule has 0 heterocycles. The van der Waals surface area contributed by atoms with Gasteiger partial charge in [-0.1, -0.05) is 25.1 Å². The third kappa shape index (κ3) is 2.91. The van der Waals surface area contributed by atoms with Gasteiger partial charge in [0.2, 0.25) is 0 Å². The fourth-order valence-electron chi connectivity index (χ4n) is 2.13. The number of aryl methyl sites for hydroxylation is 2. The van der Waals surface area contributed by atoms with Crippen LogP contribution in [0.1, 0.15) is 37.5 Å². The summed E-state index contributed by atoms with van der Waals surface area (Å²) in [6, 6.07) is 6.18. The standard InChI is InChI=1S/C15H23NO2/c1-6-16(15(4,5)14(17)18)10-13-11(2)8-7-9-12(13)3/h7-9H,6,10H2,1-5H3,(H,17,18). The van der Waals surface area contributed by atoms with Gasteiger partial charge >= 0.3 is 5.97 Å².